The zero-order valence-electron chi connectivity index (χ0n) is 8.94. The molecule has 0 aliphatic heterocycles. The van der Waals surface area contributed by atoms with E-state index in [0.717, 1.165) is 5.69 Å². The van der Waals surface area contributed by atoms with E-state index in [0.29, 0.717) is 5.69 Å². The lowest BCUT2D eigenvalue weighted by Gasteiger charge is -2.07. The Morgan fingerprint density at radius 2 is 1.38 bits per heavy atom. The Labute approximate surface area is 94.0 Å². The molecule has 0 aromatic heterocycles. The summed E-state index contributed by atoms with van der Waals surface area (Å²) in [5.41, 5.74) is 2.75. The van der Waals surface area contributed by atoms with Crippen LogP contribution in [0.1, 0.15) is 5.56 Å². The molecule has 3 heteroatoms. The summed E-state index contributed by atoms with van der Waals surface area (Å²) < 4.78 is 0. The summed E-state index contributed by atoms with van der Waals surface area (Å²) in [5, 5.41) is 21.7. The number of rotatable bonds is 2. The summed E-state index contributed by atoms with van der Waals surface area (Å²) in [4.78, 5) is 0. The molecular weight excluding hydrogens is 202 g/mol. The van der Waals surface area contributed by atoms with Crippen LogP contribution in [0.15, 0.2) is 42.5 Å². The monoisotopic (exact) mass is 215 g/mol. The normalized spacial score (nSPS) is 10.1. The Balaban J connectivity index is 2.23. The molecule has 3 N–H and O–H groups in total. The molecule has 0 atom stereocenters. The number of phenolic OH excluding ortho intramolecular Hbond substituents is 2. The van der Waals surface area contributed by atoms with Crippen LogP contribution < -0.4 is 5.32 Å². The largest absolute Gasteiger partial charge is 0.508 e. The summed E-state index contributed by atoms with van der Waals surface area (Å²) in [6.07, 6.45) is 0. The number of aromatic hydroxyl groups is 2. The van der Waals surface area contributed by atoms with Crippen LogP contribution in [0.2, 0.25) is 0 Å². The highest BCUT2D eigenvalue weighted by Crippen LogP contribution is 2.26. The van der Waals surface area contributed by atoms with Gasteiger partial charge in [0.05, 0.1) is 0 Å². The molecule has 0 fully saturated rings. The van der Waals surface area contributed by atoms with Crippen LogP contribution in [0, 0.1) is 6.92 Å². The first-order valence-electron chi connectivity index (χ1n) is 5.00. The molecule has 0 radical (unpaired) electrons. The molecule has 0 unspecified atom stereocenters. The Bertz CT molecular complexity index is 472. The molecule has 2 rings (SSSR count). The second kappa shape index (κ2) is 4.14. The standard InChI is InChI=1S/C13H13NO2/c1-9-2-4-10(5-3-9)14-11-6-12(15)8-13(16)7-11/h2-8,14-16H,1H3. The molecule has 0 aliphatic carbocycles. The summed E-state index contributed by atoms with van der Waals surface area (Å²) in [7, 11) is 0. The Hall–Kier alpha value is -2.16. The van der Waals surface area contributed by atoms with Crippen molar-refractivity contribution in [1.29, 1.82) is 0 Å². The summed E-state index contributed by atoms with van der Waals surface area (Å²) in [5.74, 6) is 0.0734. The van der Waals surface area contributed by atoms with Crippen molar-refractivity contribution in [3.05, 3.63) is 48.0 Å². The second-order valence-electron chi connectivity index (χ2n) is 3.73. The maximum Gasteiger partial charge on any atom is 0.121 e. The Morgan fingerprint density at radius 1 is 0.812 bits per heavy atom. The van der Waals surface area contributed by atoms with Crippen molar-refractivity contribution in [3.8, 4) is 11.5 Å². The Kier molecular flexibility index (Phi) is 2.68. The topological polar surface area (TPSA) is 52.5 Å². The maximum absolute atomic E-state index is 9.32. The molecule has 0 saturated carbocycles. The van der Waals surface area contributed by atoms with Crippen LogP contribution in [0.4, 0.5) is 11.4 Å². The van der Waals surface area contributed by atoms with Crippen molar-refractivity contribution in [2.75, 3.05) is 5.32 Å². The number of nitrogens with one attached hydrogen (secondary N) is 1. The third-order valence-electron chi connectivity index (χ3n) is 2.24. The van der Waals surface area contributed by atoms with Crippen molar-refractivity contribution in [3.63, 3.8) is 0 Å². The van der Waals surface area contributed by atoms with Crippen LogP contribution in [0.5, 0.6) is 11.5 Å². The predicted molar refractivity (Wildman–Crippen MR) is 64.2 cm³/mol. The molecule has 82 valence electrons. The first-order chi connectivity index (χ1) is 7.63. The van der Waals surface area contributed by atoms with E-state index in [9.17, 15) is 10.2 Å². The summed E-state index contributed by atoms with van der Waals surface area (Å²) in [6.45, 7) is 2.02. The second-order valence-corrected chi connectivity index (χ2v) is 3.73. The van der Waals surface area contributed by atoms with Gasteiger partial charge in [-0.15, -0.1) is 0 Å². The molecule has 0 spiro atoms. The van der Waals surface area contributed by atoms with E-state index in [2.05, 4.69) is 5.32 Å². The van der Waals surface area contributed by atoms with Crippen molar-refractivity contribution < 1.29 is 10.2 Å². The highest BCUT2D eigenvalue weighted by Gasteiger charge is 1.99. The van der Waals surface area contributed by atoms with E-state index < -0.39 is 0 Å². The smallest absolute Gasteiger partial charge is 0.121 e. The van der Waals surface area contributed by atoms with Gasteiger partial charge in [0.25, 0.3) is 0 Å². The number of benzene rings is 2. The van der Waals surface area contributed by atoms with Gasteiger partial charge in [0, 0.05) is 29.6 Å². The molecule has 3 nitrogen and oxygen atoms in total. The highest BCUT2D eigenvalue weighted by molar-refractivity contribution is 5.63. The predicted octanol–water partition coefficient (Wildman–Crippen LogP) is 3.15. The van der Waals surface area contributed by atoms with E-state index in [4.69, 9.17) is 0 Å². The minimum absolute atomic E-state index is 0.0367. The zero-order valence-corrected chi connectivity index (χ0v) is 8.94. The summed E-state index contributed by atoms with van der Waals surface area (Å²) in [6, 6.07) is 12.3. The lowest BCUT2D eigenvalue weighted by atomic mass is 10.2. The van der Waals surface area contributed by atoms with Gasteiger partial charge in [-0.25, -0.2) is 0 Å². The highest BCUT2D eigenvalue weighted by atomic mass is 16.3. The van der Waals surface area contributed by atoms with Crippen LogP contribution in [0.25, 0.3) is 0 Å². The molecule has 2 aromatic carbocycles. The fraction of sp³-hybridized carbons (Fsp3) is 0.0769. The molecule has 0 amide bonds. The SMILES string of the molecule is Cc1ccc(Nc2cc(O)cc(O)c2)cc1. The van der Waals surface area contributed by atoms with Crippen molar-refractivity contribution in [1.82, 2.24) is 0 Å². The molecular formula is C13H13NO2. The van der Waals surface area contributed by atoms with E-state index >= 15 is 0 Å². The molecule has 2 aromatic rings. The lowest BCUT2D eigenvalue weighted by Crippen LogP contribution is -1.89. The molecule has 0 bridgehead atoms. The molecule has 0 aliphatic rings. The van der Waals surface area contributed by atoms with Gasteiger partial charge in [0.2, 0.25) is 0 Å². The van der Waals surface area contributed by atoms with Crippen molar-refractivity contribution in [2.24, 2.45) is 0 Å². The van der Waals surface area contributed by atoms with Gasteiger partial charge in [-0.2, -0.15) is 0 Å². The van der Waals surface area contributed by atoms with Crippen LogP contribution in [0.3, 0.4) is 0 Å². The van der Waals surface area contributed by atoms with Gasteiger partial charge < -0.3 is 15.5 Å². The van der Waals surface area contributed by atoms with Gasteiger partial charge in [0.15, 0.2) is 0 Å². The van der Waals surface area contributed by atoms with Gasteiger partial charge in [-0.1, -0.05) is 17.7 Å². The maximum atomic E-state index is 9.32. The van der Waals surface area contributed by atoms with Gasteiger partial charge in [-0.05, 0) is 19.1 Å². The number of anilines is 2. The fourth-order valence-electron chi connectivity index (χ4n) is 1.47. The van der Waals surface area contributed by atoms with E-state index in [1.807, 2.05) is 31.2 Å². The number of hydrogen-bond acceptors (Lipinski definition) is 3. The van der Waals surface area contributed by atoms with E-state index in [-0.39, 0.29) is 11.5 Å². The third kappa shape index (κ3) is 2.45. The number of aryl methyl sites for hydroxylation is 1. The lowest BCUT2D eigenvalue weighted by molar-refractivity contribution is 0.451. The van der Waals surface area contributed by atoms with Crippen LogP contribution in [-0.4, -0.2) is 10.2 Å². The first-order valence-corrected chi connectivity index (χ1v) is 5.00. The van der Waals surface area contributed by atoms with Crippen molar-refractivity contribution >= 4 is 11.4 Å². The minimum atomic E-state index is 0.0367. The minimum Gasteiger partial charge on any atom is -0.508 e. The summed E-state index contributed by atoms with van der Waals surface area (Å²) >= 11 is 0. The fourth-order valence-corrected chi connectivity index (χ4v) is 1.47. The number of hydrogen-bond donors (Lipinski definition) is 3. The Morgan fingerprint density at radius 3 is 1.94 bits per heavy atom. The quantitative estimate of drug-likeness (QED) is 0.721. The van der Waals surface area contributed by atoms with Gasteiger partial charge >= 0.3 is 0 Å². The average molecular weight is 215 g/mol. The molecule has 0 heterocycles. The first kappa shape index (κ1) is 10.4. The van der Waals surface area contributed by atoms with Gasteiger partial charge in [-0.3, -0.25) is 0 Å². The zero-order chi connectivity index (χ0) is 11.5. The molecule has 0 saturated heterocycles. The van der Waals surface area contributed by atoms with Gasteiger partial charge in [0.1, 0.15) is 11.5 Å². The molecule has 16 heavy (non-hydrogen) atoms. The third-order valence-corrected chi connectivity index (χ3v) is 2.24. The van der Waals surface area contributed by atoms with Crippen LogP contribution >= 0.6 is 0 Å². The van der Waals surface area contributed by atoms with E-state index in [1.54, 1.807) is 12.1 Å². The number of phenols is 2. The average Bonchev–Trinajstić information content (AvgIpc) is 2.20. The van der Waals surface area contributed by atoms with Crippen molar-refractivity contribution in [2.45, 2.75) is 6.92 Å². The van der Waals surface area contributed by atoms with Crippen LogP contribution in [-0.2, 0) is 0 Å². The van der Waals surface area contributed by atoms with E-state index in [1.165, 1.54) is 11.6 Å².